The van der Waals surface area contributed by atoms with Gasteiger partial charge in [-0.15, -0.1) is 0 Å². The number of anilines is 2. The van der Waals surface area contributed by atoms with Crippen molar-refractivity contribution in [2.75, 3.05) is 37.0 Å². The number of carbonyl (C=O) groups excluding carboxylic acids is 2. The molecule has 0 aliphatic carbocycles. The predicted molar refractivity (Wildman–Crippen MR) is 443 cm³/mol. The number of aliphatic carboxylic acids is 4. The van der Waals surface area contributed by atoms with Gasteiger partial charge in [0.1, 0.15) is 47.6 Å². The van der Waals surface area contributed by atoms with Crippen molar-refractivity contribution in [3.63, 3.8) is 0 Å². The van der Waals surface area contributed by atoms with Gasteiger partial charge < -0.3 is 81.5 Å². The van der Waals surface area contributed by atoms with Gasteiger partial charge in [-0.1, -0.05) is 133 Å². The number of rotatable bonds is 31. The first-order chi connectivity index (χ1) is 55.1. The van der Waals surface area contributed by atoms with Crippen LogP contribution in [-0.2, 0) is 32.3 Å². The summed E-state index contributed by atoms with van der Waals surface area (Å²) >= 11 is 0. The van der Waals surface area contributed by atoms with Crippen molar-refractivity contribution in [2.24, 2.45) is 60.8 Å². The van der Waals surface area contributed by atoms with Crippen LogP contribution < -0.4 is 21.1 Å². The van der Waals surface area contributed by atoms with Crippen LogP contribution in [0, 0.1) is 0 Å². The number of nitrogens with one attached hydrogen (secondary N) is 2. The molecule has 0 amide bonds. The van der Waals surface area contributed by atoms with Crippen LogP contribution in [0.15, 0.2) is 255 Å². The summed E-state index contributed by atoms with van der Waals surface area (Å²) < 4.78 is 0. The molecule has 0 fully saturated rings. The van der Waals surface area contributed by atoms with Gasteiger partial charge in [0.15, 0.2) is 0 Å². The Bertz CT molecular complexity index is 4780. The third-order valence-electron chi connectivity index (χ3n) is 15.7. The standard InChI is InChI=1S/C42H36N6O2.C24H22N4O10.C16H14N4O6.2CH4/c49-41-35(27-43-25-31-13-5-1-6-14-31)21-33(22-36(41)28-44-26-32-15-7-2-8-16-32)34-23-37(29-45-47-39-17-9-3-10-18-39)42(50)38(24-34)30-46-48-40-19-11-4-12-20-40;29-19(30)9-25-5-15-1-13(2-16(23(15)37)6-26-10-20(31)32)14-3-17(7-27-11-21(33)34)24(38)18(4-14)8-28-12-22(35)36;21-15-11(5-17-23)1-9(2-12(15)6-18-24)10-3-13(7-19-25)16(22)14(4-10)8-20-26;;/h1-24,27-30,47-50H,25-26H2;1-8,37-38H,9-12H2,(H,29,30)(H,31,32)(H,33,34)(H,35,36);1-8,21-26H;2*1H4/p-2/b43-27?,44-28?,45-29+,46-30+;;17-5+,18-6+,19-7+,20-8+;;. The minimum Gasteiger partial charge on any atom is -0.548 e. The van der Waals surface area contributed by atoms with Crippen LogP contribution in [-0.4, -0.2) is 186 Å². The minimum atomic E-state index is -1.47. The van der Waals surface area contributed by atoms with Crippen molar-refractivity contribution in [2.45, 2.75) is 27.9 Å². The van der Waals surface area contributed by atoms with Gasteiger partial charge in [-0.3, -0.25) is 50.4 Å². The Hall–Kier alpha value is -16.3. The number of phenolic OH excluding ortho intramolecular Hbond substituents is 6. The number of hydrazone groups is 2. The van der Waals surface area contributed by atoms with Crippen LogP contribution in [0.4, 0.5) is 11.4 Å². The maximum Gasteiger partial charge on any atom is 0.325 e. The highest BCUT2D eigenvalue weighted by atomic mass is 16.4. The number of carbonyl (C=O) groups is 4. The second-order valence-corrected chi connectivity index (χ2v) is 23.8. The number of hydrogen-bond acceptors (Lipinski definition) is 30. The van der Waals surface area contributed by atoms with Crippen molar-refractivity contribution in [3.05, 3.63) is 272 Å². The third kappa shape index (κ3) is 27.1. The molecule has 32 nitrogen and oxygen atoms in total. The quantitative estimate of drug-likeness (QED) is 0.0109. The van der Waals surface area contributed by atoms with Gasteiger partial charge in [-0.25, -0.2) is 0 Å². The van der Waals surface area contributed by atoms with E-state index < -0.39 is 55.8 Å². The van der Waals surface area contributed by atoms with Gasteiger partial charge in [0.25, 0.3) is 0 Å². The summed E-state index contributed by atoms with van der Waals surface area (Å²) in [6.45, 7) is -1.67. The van der Waals surface area contributed by atoms with E-state index in [0.29, 0.717) is 57.6 Å². The molecule has 0 aliphatic heterocycles. The van der Waals surface area contributed by atoms with Crippen LogP contribution >= 0.6 is 0 Å². The fourth-order valence-electron chi connectivity index (χ4n) is 10.4. The molecular weight excluding hydrogens is 1490 g/mol. The number of carboxylic acids is 4. The normalized spacial score (nSPS) is 11.6. The number of aromatic hydroxyl groups is 6. The molecule has 116 heavy (non-hydrogen) atoms. The van der Waals surface area contributed by atoms with E-state index in [-0.39, 0.29) is 88.1 Å². The number of carboxylic acid groups (broad SMARTS) is 4. The molecule has 0 heterocycles. The van der Waals surface area contributed by atoms with E-state index in [2.05, 4.69) is 71.6 Å². The molecule has 10 rings (SSSR count). The number of hydrogen-bond donors (Lipinski definition) is 14. The Morgan fingerprint density at radius 2 is 0.483 bits per heavy atom. The lowest BCUT2D eigenvalue weighted by Gasteiger charge is -2.12. The zero-order chi connectivity index (χ0) is 81.7. The molecule has 0 saturated heterocycles. The fourth-order valence-corrected chi connectivity index (χ4v) is 10.4. The number of aliphatic imine (C=N–C) groups is 6. The van der Waals surface area contributed by atoms with Crippen molar-refractivity contribution in [1.82, 2.24) is 0 Å². The van der Waals surface area contributed by atoms with E-state index in [1.165, 1.54) is 48.5 Å². The summed E-state index contributed by atoms with van der Waals surface area (Å²) in [4.78, 5) is 67.1. The molecule has 0 spiro atoms. The molecule has 0 aromatic heterocycles. The van der Waals surface area contributed by atoms with Gasteiger partial charge in [-0.2, -0.15) is 10.2 Å². The van der Waals surface area contributed by atoms with E-state index >= 15 is 0 Å². The molecular formula is C84H78N14O18-2. The third-order valence-corrected chi connectivity index (χ3v) is 15.7. The SMILES string of the molecule is C.C.O/N=C/c1cc(-c2cc(/C=N/O)c(O)c(/C=N/O)c2)cc(/C=N/O)c1O.O=C([O-])CN=Cc1cc(-c2cc(C=NCC(=O)O)c(O)c(C=NCC(=O)O)c2)cc(C=NCC(=O)[O-])c1O.Oc1c(C=NCc2ccccc2)cc(-c2cc(/C=N/Nc3ccccc3)c(O)c(/C=N/Nc3ccccc3)c2)cc1C=NCc1ccccc1. The zero-order valence-electron chi connectivity index (χ0n) is 59.8. The van der Waals surface area contributed by atoms with Crippen molar-refractivity contribution >= 4 is 110 Å². The molecule has 10 aromatic rings. The lowest BCUT2D eigenvalue weighted by molar-refractivity contribution is -0.304. The largest absolute Gasteiger partial charge is 0.548 e. The average molecular weight is 1570 g/mol. The summed E-state index contributed by atoms with van der Waals surface area (Å²) in [7, 11) is 0. The molecule has 0 radical (unpaired) electrons. The van der Waals surface area contributed by atoms with Gasteiger partial charge >= 0.3 is 11.9 Å². The Kier molecular flexibility index (Phi) is 34.9. The number of oxime groups is 4. The van der Waals surface area contributed by atoms with E-state index in [0.717, 1.165) is 83.3 Å². The number of para-hydroxylation sites is 2. The first kappa shape index (κ1) is 88.6. The summed E-state index contributed by atoms with van der Waals surface area (Å²) in [5, 5.41) is 158. The summed E-state index contributed by atoms with van der Waals surface area (Å²) in [6, 6.07) is 57.9. The molecule has 0 atom stereocenters. The smallest absolute Gasteiger partial charge is 0.325 e. The lowest BCUT2D eigenvalue weighted by Crippen LogP contribution is -2.25. The highest BCUT2D eigenvalue weighted by Crippen LogP contribution is 2.37. The number of nitrogens with zero attached hydrogens (tertiary/aromatic N) is 12. The Morgan fingerprint density at radius 3 is 0.698 bits per heavy atom. The van der Waals surface area contributed by atoms with Crippen LogP contribution in [0.25, 0.3) is 33.4 Å². The second-order valence-electron chi connectivity index (χ2n) is 23.8. The molecule has 0 saturated carbocycles. The first-order valence-corrected chi connectivity index (χ1v) is 33.7. The minimum absolute atomic E-state index is 0. The molecule has 0 bridgehead atoms. The van der Waals surface area contributed by atoms with Crippen molar-refractivity contribution in [3.8, 4) is 67.9 Å². The Balaban J connectivity index is 0.000000282. The topological polar surface area (TPSA) is 530 Å². The van der Waals surface area contributed by atoms with Gasteiger partial charge in [0, 0.05) is 104 Å². The van der Waals surface area contributed by atoms with E-state index in [1.54, 1.807) is 24.9 Å². The highest BCUT2D eigenvalue weighted by Gasteiger charge is 2.18. The van der Waals surface area contributed by atoms with Crippen LogP contribution in [0.2, 0.25) is 0 Å². The van der Waals surface area contributed by atoms with Crippen LogP contribution in [0.1, 0.15) is 92.7 Å². The van der Waals surface area contributed by atoms with Gasteiger partial charge in [0.05, 0.1) is 86.8 Å². The van der Waals surface area contributed by atoms with E-state index in [1.807, 2.05) is 146 Å². The second kappa shape index (κ2) is 45.6. The highest BCUT2D eigenvalue weighted by molar-refractivity contribution is 6.02. The van der Waals surface area contributed by atoms with Gasteiger partial charge in [0.2, 0.25) is 0 Å². The van der Waals surface area contributed by atoms with Crippen LogP contribution in [0.5, 0.6) is 34.5 Å². The molecule has 0 unspecified atom stereocenters. The summed E-state index contributed by atoms with van der Waals surface area (Å²) in [5.41, 5.74) is 15.6. The average Bonchev–Trinajstić information content (AvgIpc) is 0.802. The maximum absolute atomic E-state index is 11.4. The first-order valence-electron chi connectivity index (χ1n) is 33.7. The number of benzene rings is 10. The van der Waals surface area contributed by atoms with Crippen LogP contribution in [0.3, 0.4) is 0 Å². The molecule has 32 heteroatoms. The molecule has 594 valence electrons. The Labute approximate surface area is 663 Å². The van der Waals surface area contributed by atoms with Crippen molar-refractivity contribution in [1.29, 1.82) is 0 Å². The monoisotopic (exact) mass is 1570 g/mol. The predicted octanol–water partition coefficient (Wildman–Crippen LogP) is 10.3. The van der Waals surface area contributed by atoms with Crippen molar-refractivity contribution < 1.29 is 91.1 Å². The number of phenols is 6. The van der Waals surface area contributed by atoms with E-state index in [9.17, 15) is 60.0 Å². The molecule has 0 aliphatic rings. The fraction of sp³-hybridized carbons (Fsp3) is 0.0952. The zero-order valence-corrected chi connectivity index (χ0v) is 59.8. The maximum atomic E-state index is 11.4. The summed E-state index contributed by atoms with van der Waals surface area (Å²) in [5.74, 6) is -6.63. The molecule has 14 N–H and O–H groups in total. The Morgan fingerprint density at radius 1 is 0.284 bits per heavy atom. The molecule has 10 aromatic carbocycles. The summed E-state index contributed by atoms with van der Waals surface area (Å²) in [6.07, 6.45) is 14.7. The van der Waals surface area contributed by atoms with E-state index in [4.69, 9.17) is 31.0 Å². The van der Waals surface area contributed by atoms with Gasteiger partial charge in [-0.05, 0) is 142 Å². The lowest BCUT2D eigenvalue weighted by atomic mass is 9.95.